The zero-order valence-corrected chi connectivity index (χ0v) is 9.79. The Morgan fingerprint density at radius 3 is 2.60 bits per heavy atom. The molecule has 2 rings (SSSR count). The van der Waals surface area contributed by atoms with Gasteiger partial charge < -0.3 is 10.3 Å². The Morgan fingerprint density at radius 2 is 2.07 bits per heavy atom. The molecule has 5 heteroatoms. The van der Waals surface area contributed by atoms with E-state index in [1.54, 1.807) is 0 Å². The highest BCUT2D eigenvalue weighted by molar-refractivity contribution is 6.17. The van der Waals surface area contributed by atoms with Crippen LogP contribution >= 0.6 is 11.6 Å². The first kappa shape index (κ1) is 12.5. The van der Waals surface area contributed by atoms with Crippen LogP contribution in [-0.4, -0.2) is 22.4 Å². The normalized spacial score (nSPS) is 19.9. The lowest BCUT2D eigenvalue weighted by molar-refractivity contribution is -0.504. The molecular formula is C10H17ClN2O2. The number of allylic oxidation sites excluding steroid dienone is 2. The number of hydrogen-bond donors (Lipinski definition) is 0. The monoisotopic (exact) mass is 232 g/mol. The molecule has 0 aromatic rings. The second-order valence-corrected chi connectivity index (χ2v) is 4.07. The minimum atomic E-state index is -0.00926. The minimum absolute atomic E-state index is 0.00926. The molecule has 0 radical (unpaired) electrons. The maximum atomic E-state index is 11.0. The van der Waals surface area contributed by atoms with Crippen LogP contribution in [0.4, 0.5) is 0 Å². The number of rotatable bonds is 1. The summed E-state index contributed by atoms with van der Waals surface area (Å²) < 4.78 is 0.821. The first-order valence-corrected chi connectivity index (χ1v) is 5.91. The van der Waals surface area contributed by atoms with E-state index in [0.29, 0.717) is 0 Å². The Labute approximate surface area is 95.0 Å². The van der Waals surface area contributed by atoms with E-state index in [1.165, 1.54) is 0 Å². The third-order valence-electron chi connectivity index (χ3n) is 2.46. The molecule has 0 bridgehead atoms. The van der Waals surface area contributed by atoms with Gasteiger partial charge in [-0.15, -0.1) is 11.6 Å². The molecule has 0 saturated carbocycles. The maximum absolute atomic E-state index is 11.0. The van der Waals surface area contributed by atoms with Gasteiger partial charge >= 0.3 is 0 Å². The highest BCUT2D eigenvalue weighted by Gasteiger charge is 2.33. The van der Waals surface area contributed by atoms with Crippen molar-refractivity contribution in [1.29, 1.82) is 0 Å². The summed E-state index contributed by atoms with van der Waals surface area (Å²) in [5.41, 5.74) is 1.46. The highest BCUT2D eigenvalue weighted by atomic mass is 35.5. The molecule has 0 N–H and O–H groups in total. The fourth-order valence-electron chi connectivity index (χ4n) is 1.70. The summed E-state index contributed by atoms with van der Waals surface area (Å²) in [7, 11) is 0. The van der Waals surface area contributed by atoms with Crippen LogP contribution in [0.25, 0.3) is 0 Å². The van der Waals surface area contributed by atoms with Crippen LogP contribution in [0.1, 0.15) is 39.0 Å². The molecule has 86 valence electrons. The summed E-state index contributed by atoms with van der Waals surface area (Å²) in [6.45, 7) is 2.04. The van der Waals surface area contributed by atoms with E-state index in [1.807, 2.05) is 6.92 Å². The molecule has 0 amide bonds. The van der Waals surface area contributed by atoms with E-state index in [4.69, 9.17) is 11.6 Å². The summed E-state index contributed by atoms with van der Waals surface area (Å²) in [5.74, 6) is 0.792. The molecular weight excluding hydrogens is 216 g/mol. The zero-order valence-electron chi connectivity index (χ0n) is 9.04. The number of hydrogen-bond acceptors (Lipinski definition) is 3. The van der Waals surface area contributed by atoms with Crippen molar-refractivity contribution in [3.63, 3.8) is 0 Å². The SMILES string of the molecule is CCCCl.O=[N+]1CN([O-])C2=C1CCCC2. The van der Waals surface area contributed by atoms with Gasteiger partial charge in [-0.25, -0.2) is 0 Å². The average molecular weight is 233 g/mol. The highest BCUT2D eigenvalue weighted by Crippen LogP contribution is 2.31. The Bertz CT molecular complexity index is 264. The first-order chi connectivity index (χ1) is 7.20. The van der Waals surface area contributed by atoms with Gasteiger partial charge in [0.05, 0.1) is 10.5 Å². The number of nitrogens with zero attached hydrogens (tertiary/aromatic N) is 2. The van der Waals surface area contributed by atoms with Crippen molar-refractivity contribution < 1.29 is 4.76 Å². The first-order valence-electron chi connectivity index (χ1n) is 5.38. The fourth-order valence-corrected chi connectivity index (χ4v) is 1.70. The third-order valence-corrected chi connectivity index (χ3v) is 2.84. The van der Waals surface area contributed by atoms with Gasteiger partial charge in [-0.2, -0.15) is 0 Å². The van der Waals surface area contributed by atoms with Gasteiger partial charge in [-0.05, 0) is 25.7 Å². The molecule has 0 saturated heterocycles. The van der Waals surface area contributed by atoms with Crippen molar-refractivity contribution in [2.75, 3.05) is 12.5 Å². The van der Waals surface area contributed by atoms with Crippen molar-refractivity contribution in [3.8, 4) is 0 Å². The van der Waals surface area contributed by atoms with E-state index >= 15 is 0 Å². The lowest BCUT2D eigenvalue weighted by Crippen LogP contribution is -2.14. The van der Waals surface area contributed by atoms with Crippen molar-refractivity contribution in [2.24, 2.45) is 0 Å². The largest absolute Gasteiger partial charge is 0.754 e. The smallest absolute Gasteiger partial charge is 0.263 e. The molecule has 0 spiro atoms. The van der Waals surface area contributed by atoms with Crippen LogP contribution in [0.2, 0.25) is 0 Å². The number of hydroxylamine groups is 2. The van der Waals surface area contributed by atoms with Crippen molar-refractivity contribution >= 4 is 11.6 Å². The summed E-state index contributed by atoms with van der Waals surface area (Å²) in [5, 5.41) is 11.9. The Balaban J connectivity index is 0.000000245. The standard InChI is InChI=1S/C7H10N2O2.C3H7Cl/c10-8-5-9(11)7-4-2-1-3-6(7)8;1-2-3-4/h1-5H2;2-3H2,1H3. The molecule has 0 aromatic carbocycles. The predicted octanol–water partition coefficient (Wildman–Crippen LogP) is 2.96. The quantitative estimate of drug-likeness (QED) is 0.516. The van der Waals surface area contributed by atoms with Crippen LogP contribution in [0.15, 0.2) is 11.4 Å². The van der Waals surface area contributed by atoms with Crippen molar-refractivity contribution in [3.05, 3.63) is 21.5 Å². The predicted molar refractivity (Wildman–Crippen MR) is 60.2 cm³/mol. The molecule has 0 aromatic heterocycles. The van der Waals surface area contributed by atoms with Crippen LogP contribution in [-0.2, 0) is 0 Å². The molecule has 1 aliphatic carbocycles. The van der Waals surface area contributed by atoms with Gasteiger partial charge in [0, 0.05) is 17.2 Å². The summed E-state index contributed by atoms with van der Waals surface area (Å²) >= 11 is 5.19. The van der Waals surface area contributed by atoms with Gasteiger partial charge in [0.15, 0.2) is 0 Å². The zero-order chi connectivity index (χ0) is 11.3. The van der Waals surface area contributed by atoms with E-state index in [0.717, 1.165) is 59.2 Å². The summed E-state index contributed by atoms with van der Waals surface area (Å²) in [6.07, 6.45) is 4.76. The van der Waals surface area contributed by atoms with Crippen LogP contribution < -0.4 is 0 Å². The molecule has 4 nitrogen and oxygen atoms in total. The Kier molecular flexibility index (Phi) is 5.05. The fraction of sp³-hybridized carbons (Fsp3) is 0.800. The molecule has 1 aliphatic heterocycles. The van der Waals surface area contributed by atoms with Crippen LogP contribution in [0, 0.1) is 10.1 Å². The van der Waals surface area contributed by atoms with Gasteiger partial charge in [-0.3, -0.25) is 0 Å². The molecule has 2 aliphatic rings. The molecule has 0 fully saturated rings. The van der Waals surface area contributed by atoms with Crippen molar-refractivity contribution in [2.45, 2.75) is 39.0 Å². The van der Waals surface area contributed by atoms with Crippen LogP contribution in [0.5, 0.6) is 0 Å². The lowest BCUT2D eigenvalue weighted by Gasteiger charge is -2.22. The average Bonchev–Trinajstić information content (AvgIpc) is 2.56. The van der Waals surface area contributed by atoms with E-state index in [-0.39, 0.29) is 6.67 Å². The van der Waals surface area contributed by atoms with Gasteiger partial charge in [0.1, 0.15) is 0 Å². The summed E-state index contributed by atoms with van der Waals surface area (Å²) in [4.78, 5) is 11.0. The van der Waals surface area contributed by atoms with Gasteiger partial charge in [-0.1, -0.05) is 6.92 Å². The number of halogens is 1. The Hall–Kier alpha value is -0.610. The Morgan fingerprint density at radius 1 is 1.47 bits per heavy atom. The second kappa shape index (κ2) is 6.08. The van der Waals surface area contributed by atoms with E-state index in [9.17, 15) is 10.1 Å². The van der Waals surface area contributed by atoms with Crippen molar-refractivity contribution in [1.82, 2.24) is 5.06 Å². The minimum Gasteiger partial charge on any atom is -0.754 e. The van der Waals surface area contributed by atoms with Crippen LogP contribution in [0.3, 0.4) is 0 Å². The molecule has 1 heterocycles. The summed E-state index contributed by atoms with van der Waals surface area (Å²) in [6, 6.07) is 0. The van der Waals surface area contributed by atoms with Gasteiger partial charge in [0.2, 0.25) is 0 Å². The third kappa shape index (κ3) is 3.18. The second-order valence-electron chi connectivity index (χ2n) is 3.69. The number of nitroso groups, excluding NO2 is 1. The van der Waals surface area contributed by atoms with Gasteiger partial charge in [0.25, 0.3) is 12.4 Å². The topological polar surface area (TPSA) is 46.4 Å². The lowest BCUT2D eigenvalue weighted by atomic mass is 10.0. The van der Waals surface area contributed by atoms with E-state index in [2.05, 4.69) is 0 Å². The molecule has 0 unspecified atom stereocenters. The molecule has 15 heavy (non-hydrogen) atoms. The van der Waals surface area contributed by atoms with E-state index < -0.39 is 0 Å². The number of alkyl halides is 1. The molecule has 0 atom stereocenters. The maximum Gasteiger partial charge on any atom is 0.263 e.